The molecule has 5 nitrogen and oxygen atoms in total. The molecular formula is C55H46N4OPtSi2-2. The van der Waals surface area contributed by atoms with E-state index in [1.807, 2.05) is 66.9 Å². The third-order valence-corrected chi connectivity index (χ3v) is 21.1. The molecule has 0 atom stereocenters. The largest absolute Gasteiger partial charge is 0.510 e. The molecule has 0 N–H and O–H groups in total. The number of para-hydroxylation sites is 4. The van der Waals surface area contributed by atoms with E-state index in [0.29, 0.717) is 28.2 Å². The Labute approximate surface area is 399 Å². The average molecular weight is 1040 g/mol. The summed E-state index contributed by atoms with van der Waals surface area (Å²) >= 11 is 0. The molecule has 3 aromatic heterocycles. The van der Waals surface area contributed by atoms with Crippen LogP contribution in [0, 0.1) is 18.5 Å². The molecule has 0 bridgehead atoms. The van der Waals surface area contributed by atoms with Crippen LogP contribution in [0.3, 0.4) is 0 Å². The van der Waals surface area contributed by atoms with Crippen LogP contribution in [-0.4, -0.2) is 30.3 Å². The monoisotopic (exact) mass is 1040 g/mol. The van der Waals surface area contributed by atoms with E-state index in [2.05, 4.69) is 66.9 Å². The summed E-state index contributed by atoms with van der Waals surface area (Å²) in [5, 5.41) is 3.53. The summed E-state index contributed by atoms with van der Waals surface area (Å²) in [7, 11) is -2.85. The molecule has 0 amide bonds. The van der Waals surface area contributed by atoms with Crippen LogP contribution >= 0.6 is 0 Å². The van der Waals surface area contributed by atoms with Gasteiger partial charge in [0.15, 0.2) is 0 Å². The third kappa shape index (κ3) is 7.52. The molecule has 7 aromatic carbocycles. The number of imidazole rings is 1. The van der Waals surface area contributed by atoms with Gasteiger partial charge < -0.3 is 13.9 Å². The zero-order valence-corrected chi connectivity index (χ0v) is 39.1. The second-order valence-corrected chi connectivity index (χ2v) is 27.1. The first kappa shape index (κ1) is 30.8. The molecule has 0 unspecified atom stereocenters. The summed E-state index contributed by atoms with van der Waals surface area (Å²) in [5.41, 5.74) is 3.75. The van der Waals surface area contributed by atoms with Crippen LogP contribution in [0.4, 0.5) is 0 Å². The van der Waals surface area contributed by atoms with Crippen LogP contribution in [0.25, 0.3) is 72.3 Å². The summed E-state index contributed by atoms with van der Waals surface area (Å²) in [6, 6.07) is 41.5. The smallest absolute Gasteiger partial charge is 0.268 e. The van der Waals surface area contributed by atoms with Gasteiger partial charge in [-0.15, -0.1) is 29.7 Å². The Morgan fingerprint density at radius 1 is 0.651 bits per heavy atom. The Morgan fingerprint density at radius 3 is 2.03 bits per heavy atom. The normalized spacial score (nSPS) is 16.7. The molecule has 63 heavy (non-hydrogen) atoms. The minimum Gasteiger partial charge on any atom is -0.510 e. The van der Waals surface area contributed by atoms with Gasteiger partial charge >= 0.3 is 0 Å². The van der Waals surface area contributed by atoms with E-state index < -0.39 is 76.6 Å². The van der Waals surface area contributed by atoms with Crippen molar-refractivity contribution < 1.29 is 44.1 Å². The maximum atomic E-state index is 9.02. The SMILES string of the molecule is [2H]c1c([2H])c([2H])c(-c2cccc(-c3c([2H])c([2H])c([2H])c([2H])c3[2H])c2-[n+]2[c-]n(-c3[c-]c(Oc4[c-]c5c(cc4)c4ccccc4n5-c4cc([Si]5(C)CC[Si](C)(C)CC5)ccn4)ccc3)c3ccccc32)c([2H])c1[2H].[Pt]. The quantitative estimate of drug-likeness (QED) is 0.0864. The van der Waals surface area contributed by atoms with E-state index in [4.69, 9.17) is 23.4 Å². The van der Waals surface area contributed by atoms with Gasteiger partial charge in [-0.3, -0.25) is 4.57 Å². The van der Waals surface area contributed by atoms with Crippen LogP contribution in [0.1, 0.15) is 13.7 Å². The Balaban J connectivity index is 0.00000611. The number of ether oxygens (including phenoxy) is 1. The Bertz CT molecular complexity index is 3740. The first-order valence-corrected chi connectivity index (χ1v) is 27.1. The Kier molecular flexibility index (Phi) is 8.10. The molecule has 0 spiro atoms. The Morgan fingerprint density at radius 2 is 1.30 bits per heavy atom. The van der Waals surface area contributed by atoms with E-state index in [1.165, 1.54) is 29.4 Å². The zero-order chi connectivity index (χ0) is 50.5. The molecule has 312 valence electrons. The van der Waals surface area contributed by atoms with Crippen molar-refractivity contribution in [3.8, 4) is 50.9 Å². The number of fused-ring (bicyclic) bond motifs is 4. The summed E-state index contributed by atoms with van der Waals surface area (Å²) < 4.78 is 99.2. The van der Waals surface area contributed by atoms with Crippen LogP contribution in [0.2, 0.25) is 43.8 Å². The van der Waals surface area contributed by atoms with Gasteiger partial charge in [0.05, 0.1) is 38.5 Å². The fraction of sp³-hybridized carbons (Fsp3) is 0.127. The second-order valence-electron chi connectivity index (χ2n) is 17.0. The molecule has 0 radical (unpaired) electrons. The summed E-state index contributed by atoms with van der Waals surface area (Å²) in [6.07, 6.45) is 5.38. The minimum atomic E-state index is -1.70. The van der Waals surface area contributed by atoms with Crippen LogP contribution < -0.4 is 14.5 Å². The number of hydrogen-bond acceptors (Lipinski definition) is 2. The number of pyridine rings is 1. The van der Waals surface area contributed by atoms with Crippen LogP contribution in [-0.2, 0) is 21.1 Å². The topological polar surface area (TPSA) is 35.9 Å². The molecule has 1 fully saturated rings. The van der Waals surface area contributed by atoms with Gasteiger partial charge in [0, 0.05) is 52.4 Å². The summed E-state index contributed by atoms with van der Waals surface area (Å²) in [5.74, 6) is 1.69. The van der Waals surface area contributed by atoms with Crippen molar-refractivity contribution in [2.45, 2.75) is 43.8 Å². The van der Waals surface area contributed by atoms with Gasteiger partial charge in [0.1, 0.15) is 5.82 Å². The predicted octanol–water partition coefficient (Wildman–Crippen LogP) is 12.9. The van der Waals surface area contributed by atoms with Crippen LogP contribution in [0.5, 0.6) is 11.5 Å². The van der Waals surface area contributed by atoms with Gasteiger partial charge in [-0.25, -0.2) is 4.98 Å². The maximum Gasteiger partial charge on any atom is 0.268 e. The number of rotatable bonds is 8. The molecule has 10 aromatic rings. The molecule has 0 saturated carbocycles. The number of nitrogens with zero attached hydrogens (tertiary/aromatic N) is 4. The van der Waals surface area contributed by atoms with Crippen molar-refractivity contribution in [2.24, 2.45) is 0 Å². The summed E-state index contributed by atoms with van der Waals surface area (Å²) in [6.45, 7) is 7.57. The number of benzene rings is 7. The molecule has 1 aliphatic rings. The van der Waals surface area contributed by atoms with E-state index in [1.54, 1.807) is 33.4 Å². The molecule has 0 aliphatic carbocycles. The van der Waals surface area contributed by atoms with E-state index in [-0.39, 0.29) is 49.0 Å². The van der Waals surface area contributed by atoms with Crippen molar-refractivity contribution in [1.82, 2.24) is 14.1 Å². The first-order chi connectivity index (χ1) is 34.5. The van der Waals surface area contributed by atoms with E-state index in [9.17, 15) is 0 Å². The average Bonchev–Trinajstić information content (AvgIpc) is 3.93. The minimum absolute atomic E-state index is 0. The Hall–Kier alpha value is -6.12. The van der Waals surface area contributed by atoms with Gasteiger partial charge in [-0.05, 0) is 51.5 Å². The fourth-order valence-corrected chi connectivity index (χ4v) is 20.8. The summed E-state index contributed by atoms with van der Waals surface area (Å²) in [4.78, 5) is 4.96. The fourth-order valence-electron chi connectivity index (χ4n) is 8.96. The van der Waals surface area contributed by atoms with Crippen molar-refractivity contribution in [2.75, 3.05) is 0 Å². The maximum absolute atomic E-state index is 9.02. The van der Waals surface area contributed by atoms with E-state index >= 15 is 0 Å². The predicted molar refractivity (Wildman–Crippen MR) is 259 cm³/mol. The second kappa shape index (κ2) is 16.5. The van der Waals surface area contributed by atoms with Gasteiger partial charge in [-0.2, -0.15) is 18.2 Å². The molecule has 1 saturated heterocycles. The number of aromatic nitrogens is 4. The van der Waals surface area contributed by atoms with Gasteiger partial charge in [-0.1, -0.05) is 176 Å². The third-order valence-electron chi connectivity index (χ3n) is 12.5. The number of hydrogen-bond donors (Lipinski definition) is 0. The molecule has 11 rings (SSSR count). The molecular weight excluding hydrogens is 984 g/mol. The van der Waals surface area contributed by atoms with Crippen molar-refractivity contribution in [1.29, 1.82) is 0 Å². The molecule has 4 heterocycles. The standard InChI is InChI=1S/C55H46N4OSi2.Pt/c1-61(2)32-34-62(3,35-33-61)45-30-31-56-54(38-45)59-50-25-11-10-22-48(50)49-29-28-44(37-53(49)59)60-43-21-14-20-42(36-43)57-39-58(52-27-13-12-26-51(52)57)55-46(40-16-6-4-7-17-40)23-15-24-47(55)41-18-8-5-9-19-41;/h4-31,38H,32-35H2,1-3H3;/q-2;/i4D,5D,6D,7D,8D,9D,16D,17D,18D,19D;. The van der Waals surface area contributed by atoms with Gasteiger partial charge in [0.2, 0.25) is 0 Å². The van der Waals surface area contributed by atoms with Crippen molar-refractivity contribution in [3.05, 3.63) is 194 Å². The van der Waals surface area contributed by atoms with Crippen molar-refractivity contribution in [3.63, 3.8) is 0 Å². The van der Waals surface area contributed by atoms with E-state index in [0.717, 1.165) is 27.6 Å². The molecule has 8 heteroatoms. The van der Waals surface area contributed by atoms with Crippen molar-refractivity contribution >= 4 is 54.2 Å². The van der Waals surface area contributed by atoms with Gasteiger partial charge in [0.25, 0.3) is 6.33 Å². The zero-order valence-electron chi connectivity index (χ0n) is 44.8. The molecule has 1 aliphatic heterocycles. The van der Waals surface area contributed by atoms with Crippen LogP contribution in [0.15, 0.2) is 176 Å². The first-order valence-electron chi connectivity index (χ1n) is 25.8.